The van der Waals surface area contributed by atoms with Crippen LogP contribution in [0.4, 0.5) is 5.69 Å². The monoisotopic (exact) mass is 572 g/mol. The van der Waals surface area contributed by atoms with Crippen molar-refractivity contribution in [2.45, 2.75) is 57.3 Å². The molecule has 10 heteroatoms. The molecule has 0 unspecified atom stereocenters. The van der Waals surface area contributed by atoms with Crippen LogP contribution < -0.4 is 10.2 Å². The molecule has 1 atom stereocenters. The lowest BCUT2D eigenvalue weighted by molar-refractivity contribution is -0.142. The number of fused-ring (bicyclic) bond motifs is 1. The van der Waals surface area contributed by atoms with E-state index in [9.17, 15) is 9.59 Å². The molecule has 4 aromatic rings. The first-order valence-corrected chi connectivity index (χ1v) is 15.4. The fraction of sp³-hybridized carbons (Fsp3) is 0.419. The number of amides is 2. The van der Waals surface area contributed by atoms with Gasteiger partial charge in [-0.1, -0.05) is 54.8 Å². The number of carbonyl (C=O) groups excluding carboxylic acids is 2. The number of hydrogen-bond acceptors (Lipinski definition) is 7. The van der Waals surface area contributed by atoms with Crippen LogP contribution in [0.2, 0.25) is 0 Å². The molecular weight excluding hydrogens is 536 g/mol. The lowest BCUT2D eigenvalue weighted by atomic mass is 9.94. The van der Waals surface area contributed by atoms with Crippen LogP contribution in [0.1, 0.15) is 48.6 Å². The van der Waals surface area contributed by atoms with Crippen LogP contribution in [0.25, 0.3) is 11.0 Å². The zero-order chi connectivity index (χ0) is 28.0. The molecule has 214 valence electrons. The van der Waals surface area contributed by atoms with E-state index in [4.69, 9.17) is 4.74 Å². The average molecular weight is 573 g/mol. The molecule has 1 aliphatic heterocycles. The van der Waals surface area contributed by atoms with E-state index in [0.29, 0.717) is 19.8 Å². The van der Waals surface area contributed by atoms with E-state index < -0.39 is 6.04 Å². The molecular formula is C31H36N6O3S. The third-order valence-corrected chi connectivity index (χ3v) is 8.89. The highest BCUT2D eigenvalue weighted by atomic mass is 32.1. The summed E-state index contributed by atoms with van der Waals surface area (Å²) in [6.45, 7) is 3.39. The first-order chi connectivity index (χ1) is 20.2. The van der Waals surface area contributed by atoms with Gasteiger partial charge in [0.05, 0.1) is 25.3 Å². The van der Waals surface area contributed by atoms with E-state index in [0.717, 1.165) is 65.9 Å². The van der Waals surface area contributed by atoms with Crippen LogP contribution in [0.5, 0.6) is 0 Å². The van der Waals surface area contributed by atoms with Gasteiger partial charge in [-0.25, -0.2) is 4.68 Å². The number of thiophene rings is 1. The maximum atomic E-state index is 14.1. The van der Waals surface area contributed by atoms with Crippen molar-refractivity contribution < 1.29 is 14.3 Å². The normalized spacial score (nSPS) is 16.9. The zero-order valence-corrected chi connectivity index (χ0v) is 24.0. The zero-order valence-electron chi connectivity index (χ0n) is 23.2. The van der Waals surface area contributed by atoms with Crippen LogP contribution in [0.3, 0.4) is 0 Å². The average Bonchev–Trinajstić information content (AvgIpc) is 3.68. The third-order valence-electron chi connectivity index (χ3n) is 8.03. The van der Waals surface area contributed by atoms with Crippen LogP contribution in [0, 0.1) is 0 Å². The Kier molecular flexibility index (Phi) is 8.57. The van der Waals surface area contributed by atoms with Crippen molar-refractivity contribution in [2.75, 3.05) is 31.2 Å². The summed E-state index contributed by atoms with van der Waals surface area (Å²) in [6.07, 6.45) is 5.37. The van der Waals surface area contributed by atoms with E-state index in [1.54, 1.807) is 20.9 Å². The first-order valence-electron chi connectivity index (χ1n) is 14.5. The smallest absolute Gasteiger partial charge is 0.247 e. The van der Waals surface area contributed by atoms with Crippen LogP contribution in [0.15, 0.2) is 66.0 Å². The van der Waals surface area contributed by atoms with Gasteiger partial charge in [0, 0.05) is 29.7 Å². The van der Waals surface area contributed by atoms with Crippen LogP contribution in [-0.2, 0) is 27.4 Å². The highest BCUT2D eigenvalue weighted by Crippen LogP contribution is 2.29. The molecule has 1 saturated carbocycles. The number of anilines is 1. The van der Waals surface area contributed by atoms with Gasteiger partial charge < -0.3 is 19.9 Å². The molecule has 41 heavy (non-hydrogen) atoms. The molecule has 2 fully saturated rings. The summed E-state index contributed by atoms with van der Waals surface area (Å²) in [7, 11) is 0. The standard InChI is InChI=1S/C31H36N6O3S/c38-29(22-37-28-11-5-4-10-27(28)33-34-37)36(21-26-9-6-20-41-26)30(31(39)32-24-7-2-1-3-8-24)23-12-14-25(15-13-23)35-16-18-40-19-17-35/h4-6,9-15,20,24,30H,1-3,7-8,16-19,21-22H2,(H,32,39)/t30-/m1/s1. The Labute approximate surface area is 244 Å². The molecule has 2 aromatic carbocycles. The molecule has 2 aromatic heterocycles. The SMILES string of the molecule is O=C(NC1CCCCC1)[C@@H](c1ccc(N2CCOCC2)cc1)N(Cc1cccs1)C(=O)Cn1nnc2ccccc21. The number of benzene rings is 2. The molecule has 0 bridgehead atoms. The summed E-state index contributed by atoms with van der Waals surface area (Å²) in [5.74, 6) is -0.320. The fourth-order valence-electron chi connectivity index (χ4n) is 5.84. The Balaban J connectivity index is 1.33. The van der Waals surface area contributed by atoms with Crippen molar-refractivity contribution >= 4 is 39.9 Å². The molecule has 1 N–H and O–H groups in total. The fourth-order valence-corrected chi connectivity index (χ4v) is 6.54. The Morgan fingerprint density at radius 1 is 1.00 bits per heavy atom. The van der Waals surface area contributed by atoms with Crippen LogP contribution >= 0.6 is 11.3 Å². The van der Waals surface area contributed by atoms with Gasteiger partial charge in [-0.3, -0.25) is 9.59 Å². The summed E-state index contributed by atoms with van der Waals surface area (Å²) in [5.41, 5.74) is 3.41. The number of para-hydroxylation sites is 1. The van der Waals surface area contributed by atoms with Gasteiger partial charge in [-0.15, -0.1) is 16.4 Å². The van der Waals surface area contributed by atoms with Crippen molar-refractivity contribution in [1.29, 1.82) is 0 Å². The van der Waals surface area contributed by atoms with Gasteiger partial charge in [0.1, 0.15) is 18.1 Å². The van der Waals surface area contributed by atoms with Crippen LogP contribution in [-0.4, -0.2) is 64.1 Å². The minimum absolute atomic E-state index is 0.00897. The van der Waals surface area contributed by atoms with Gasteiger partial charge in [-0.05, 0) is 54.1 Å². The Bertz CT molecular complexity index is 1440. The number of ether oxygens (including phenoxy) is 1. The number of rotatable bonds is 9. The quantitative estimate of drug-likeness (QED) is 0.317. The molecule has 2 aliphatic rings. The molecule has 1 saturated heterocycles. The number of aromatic nitrogens is 3. The molecule has 9 nitrogen and oxygen atoms in total. The lowest BCUT2D eigenvalue weighted by Gasteiger charge is -2.34. The second kappa shape index (κ2) is 12.8. The summed E-state index contributed by atoms with van der Waals surface area (Å²) in [5, 5.41) is 13.8. The number of morpholine rings is 1. The highest BCUT2D eigenvalue weighted by Gasteiger charge is 2.34. The molecule has 1 aliphatic carbocycles. The van der Waals surface area contributed by atoms with Crippen molar-refractivity contribution in [3.63, 3.8) is 0 Å². The maximum Gasteiger partial charge on any atom is 0.247 e. The largest absolute Gasteiger partial charge is 0.378 e. The van der Waals surface area contributed by atoms with E-state index in [1.165, 1.54) is 6.42 Å². The Morgan fingerprint density at radius 2 is 1.78 bits per heavy atom. The number of hydrogen-bond donors (Lipinski definition) is 1. The minimum atomic E-state index is -0.778. The molecule has 0 spiro atoms. The molecule has 0 radical (unpaired) electrons. The highest BCUT2D eigenvalue weighted by molar-refractivity contribution is 7.09. The van der Waals surface area contributed by atoms with Gasteiger partial charge in [0.15, 0.2) is 0 Å². The van der Waals surface area contributed by atoms with Crippen molar-refractivity contribution in [2.24, 2.45) is 0 Å². The molecule has 6 rings (SSSR count). The minimum Gasteiger partial charge on any atom is -0.378 e. The van der Waals surface area contributed by atoms with E-state index in [2.05, 4.69) is 32.7 Å². The first kappa shape index (κ1) is 27.4. The number of carbonyl (C=O) groups is 2. The maximum absolute atomic E-state index is 14.1. The summed E-state index contributed by atoms with van der Waals surface area (Å²) in [6, 6.07) is 19.0. The predicted molar refractivity (Wildman–Crippen MR) is 160 cm³/mol. The van der Waals surface area contributed by atoms with Gasteiger partial charge >= 0.3 is 0 Å². The van der Waals surface area contributed by atoms with Gasteiger partial charge in [-0.2, -0.15) is 0 Å². The third kappa shape index (κ3) is 6.44. The van der Waals surface area contributed by atoms with Crippen molar-refractivity contribution in [3.05, 3.63) is 76.5 Å². The lowest BCUT2D eigenvalue weighted by Crippen LogP contribution is -2.47. The Morgan fingerprint density at radius 3 is 2.54 bits per heavy atom. The topological polar surface area (TPSA) is 92.6 Å². The molecule has 3 heterocycles. The van der Waals surface area contributed by atoms with E-state index in [1.807, 2.05) is 53.9 Å². The van der Waals surface area contributed by atoms with Gasteiger partial charge in [0.25, 0.3) is 0 Å². The van der Waals surface area contributed by atoms with Crippen molar-refractivity contribution in [3.8, 4) is 0 Å². The van der Waals surface area contributed by atoms with E-state index in [-0.39, 0.29) is 24.4 Å². The van der Waals surface area contributed by atoms with E-state index >= 15 is 0 Å². The van der Waals surface area contributed by atoms with Crippen molar-refractivity contribution in [1.82, 2.24) is 25.2 Å². The molecule has 2 amide bonds. The summed E-state index contributed by atoms with van der Waals surface area (Å²) in [4.78, 5) is 33.3. The number of nitrogens with one attached hydrogen (secondary N) is 1. The second-order valence-electron chi connectivity index (χ2n) is 10.8. The summed E-state index contributed by atoms with van der Waals surface area (Å²) >= 11 is 1.58. The van der Waals surface area contributed by atoms with Gasteiger partial charge in [0.2, 0.25) is 11.8 Å². The Hall–Kier alpha value is -3.76. The summed E-state index contributed by atoms with van der Waals surface area (Å²) < 4.78 is 7.14. The second-order valence-corrected chi connectivity index (χ2v) is 11.8. The number of nitrogens with zero attached hydrogens (tertiary/aromatic N) is 5. The predicted octanol–water partition coefficient (Wildman–Crippen LogP) is 4.55.